The quantitative estimate of drug-likeness (QED) is 0.731. The molecule has 2 atom stereocenters. The smallest absolute Gasteiger partial charge is 0.0159 e. The molecule has 0 bridgehead atoms. The van der Waals surface area contributed by atoms with Crippen LogP contribution in [0.1, 0.15) is 59.3 Å². The summed E-state index contributed by atoms with van der Waals surface area (Å²) in [6.45, 7) is 12.5. The summed E-state index contributed by atoms with van der Waals surface area (Å²) in [4.78, 5) is 2.84. The molecule has 1 N–H and O–H groups in total. The van der Waals surface area contributed by atoms with Crippen molar-refractivity contribution < 1.29 is 0 Å². The summed E-state index contributed by atoms with van der Waals surface area (Å²) < 4.78 is 0. The van der Waals surface area contributed by atoms with E-state index in [1.807, 2.05) is 0 Å². The summed E-state index contributed by atoms with van der Waals surface area (Å²) in [5.74, 6) is 2.96. The average Bonchev–Trinajstić information content (AvgIpc) is 3.27. The molecule has 0 amide bonds. The van der Waals surface area contributed by atoms with Crippen molar-refractivity contribution in [3.05, 3.63) is 0 Å². The maximum absolute atomic E-state index is 3.80. The first kappa shape index (κ1) is 14.8. The van der Waals surface area contributed by atoms with E-state index < -0.39 is 0 Å². The number of rotatable bonds is 8. The van der Waals surface area contributed by atoms with Gasteiger partial charge >= 0.3 is 0 Å². The van der Waals surface area contributed by atoms with Crippen LogP contribution in [-0.2, 0) is 0 Å². The van der Waals surface area contributed by atoms with E-state index in [0.717, 1.165) is 30.3 Å². The molecule has 3 saturated carbocycles. The maximum atomic E-state index is 3.80. The van der Waals surface area contributed by atoms with Crippen LogP contribution in [0.15, 0.2) is 0 Å². The van der Waals surface area contributed by atoms with Gasteiger partial charge in [0.2, 0.25) is 0 Å². The Morgan fingerprint density at radius 3 is 2.05 bits per heavy atom. The molecular weight excluding hydrogens is 244 g/mol. The maximum Gasteiger partial charge on any atom is 0.0159 e. The molecule has 0 aromatic rings. The second-order valence-electron chi connectivity index (χ2n) is 8.43. The number of nitrogens with zero attached hydrogens (tertiary/aromatic N) is 1. The van der Waals surface area contributed by atoms with Crippen LogP contribution >= 0.6 is 0 Å². The van der Waals surface area contributed by atoms with Crippen LogP contribution in [0.5, 0.6) is 0 Å². The van der Waals surface area contributed by atoms with Crippen molar-refractivity contribution in [1.82, 2.24) is 10.2 Å². The molecule has 0 heterocycles. The topological polar surface area (TPSA) is 15.3 Å². The van der Waals surface area contributed by atoms with Gasteiger partial charge in [-0.05, 0) is 68.2 Å². The predicted octanol–water partition coefficient (Wildman–Crippen LogP) is 3.52. The Kier molecular flexibility index (Phi) is 4.42. The Balaban J connectivity index is 1.57. The average molecular weight is 278 g/mol. The Hall–Kier alpha value is -0.0800. The summed E-state index contributed by atoms with van der Waals surface area (Å²) in [7, 11) is 0. The molecule has 3 aliphatic rings. The molecule has 116 valence electrons. The molecule has 0 spiro atoms. The molecule has 2 nitrogen and oxygen atoms in total. The fourth-order valence-electron chi connectivity index (χ4n) is 4.26. The number of hydrogen-bond donors (Lipinski definition) is 1. The van der Waals surface area contributed by atoms with Gasteiger partial charge in [-0.2, -0.15) is 0 Å². The first-order valence-corrected chi connectivity index (χ1v) is 9.04. The van der Waals surface area contributed by atoms with Crippen LogP contribution in [0.4, 0.5) is 0 Å². The molecule has 0 aromatic heterocycles. The summed E-state index contributed by atoms with van der Waals surface area (Å²) in [6.07, 6.45) is 8.80. The van der Waals surface area contributed by atoms with Gasteiger partial charge in [-0.1, -0.05) is 20.8 Å². The third-order valence-electron chi connectivity index (χ3n) is 5.82. The summed E-state index contributed by atoms with van der Waals surface area (Å²) in [6, 6.07) is 0.730. The number of hydrogen-bond acceptors (Lipinski definition) is 2. The van der Waals surface area contributed by atoms with E-state index in [-0.39, 0.29) is 0 Å². The van der Waals surface area contributed by atoms with E-state index in [1.54, 1.807) is 0 Å². The van der Waals surface area contributed by atoms with Gasteiger partial charge in [0.05, 0.1) is 0 Å². The minimum atomic E-state index is 0.492. The summed E-state index contributed by atoms with van der Waals surface area (Å²) in [5, 5.41) is 3.80. The zero-order chi connectivity index (χ0) is 14.2. The van der Waals surface area contributed by atoms with E-state index in [1.165, 1.54) is 58.2 Å². The van der Waals surface area contributed by atoms with Gasteiger partial charge in [-0.25, -0.2) is 0 Å². The number of nitrogens with one attached hydrogen (secondary N) is 1. The minimum Gasteiger partial charge on any atom is -0.313 e. The lowest BCUT2D eigenvalue weighted by molar-refractivity contribution is 0.175. The zero-order valence-electron chi connectivity index (χ0n) is 13.8. The molecule has 20 heavy (non-hydrogen) atoms. The standard InChI is InChI=1S/C18H34N2/c1-4-19-17-16(9-10-18(17,2)3)13-20(11-14-5-6-14)12-15-7-8-15/h14-17,19H,4-13H2,1-3H3. The van der Waals surface area contributed by atoms with Crippen LogP contribution in [0.2, 0.25) is 0 Å². The van der Waals surface area contributed by atoms with Crippen LogP contribution in [-0.4, -0.2) is 37.1 Å². The third-order valence-corrected chi connectivity index (χ3v) is 5.82. The highest BCUT2D eigenvalue weighted by molar-refractivity contribution is 4.97. The van der Waals surface area contributed by atoms with E-state index in [2.05, 4.69) is 31.0 Å². The Morgan fingerprint density at radius 2 is 1.55 bits per heavy atom. The fraction of sp³-hybridized carbons (Fsp3) is 1.00. The highest BCUT2D eigenvalue weighted by Crippen LogP contribution is 2.42. The first-order chi connectivity index (χ1) is 9.58. The molecule has 0 aliphatic heterocycles. The van der Waals surface area contributed by atoms with E-state index in [0.29, 0.717) is 5.41 Å². The van der Waals surface area contributed by atoms with Gasteiger partial charge in [0.25, 0.3) is 0 Å². The molecule has 0 saturated heterocycles. The monoisotopic (exact) mass is 278 g/mol. The Labute approximate surface area is 125 Å². The highest BCUT2D eigenvalue weighted by Gasteiger charge is 2.42. The normalized spacial score (nSPS) is 33.0. The highest BCUT2D eigenvalue weighted by atomic mass is 15.1. The second kappa shape index (κ2) is 5.96. The molecule has 3 rings (SSSR count). The molecule has 0 aromatic carbocycles. The second-order valence-corrected chi connectivity index (χ2v) is 8.43. The molecule has 0 radical (unpaired) electrons. The van der Waals surface area contributed by atoms with Crippen molar-refractivity contribution in [1.29, 1.82) is 0 Å². The summed E-state index contributed by atoms with van der Waals surface area (Å²) in [5.41, 5.74) is 0.492. The minimum absolute atomic E-state index is 0.492. The Morgan fingerprint density at radius 1 is 0.950 bits per heavy atom. The molecule has 3 aliphatic carbocycles. The lowest BCUT2D eigenvalue weighted by atomic mass is 9.84. The molecule has 2 heteroatoms. The molecule has 2 unspecified atom stereocenters. The third kappa shape index (κ3) is 3.76. The van der Waals surface area contributed by atoms with E-state index >= 15 is 0 Å². The van der Waals surface area contributed by atoms with Gasteiger partial charge in [-0.15, -0.1) is 0 Å². The fourth-order valence-corrected chi connectivity index (χ4v) is 4.26. The van der Waals surface area contributed by atoms with E-state index in [4.69, 9.17) is 0 Å². The lowest BCUT2D eigenvalue weighted by Gasteiger charge is -2.34. The zero-order valence-corrected chi connectivity index (χ0v) is 13.8. The SMILES string of the molecule is CCNC1C(CN(CC2CC2)CC2CC2)CCC1(C)C. The van der Waals surface area contributed by atoms with Gasteiger partial charge in [0.15, 0.2) is 0 Å². The Bertz CT molecular complexity index is 303. The van der Waals surface area contributed by atoms with E-state index in [9.17, 15) is 0 Å². The van der Waals surface area contributed by atoms with Crippen LogP contribution in [0.25, 0.3) is 0 Å². The van der Waals surface area contributed by atoms with Crippen molar-refractivity contribution in [3.8, 4) is 0 Å². The van der Waals surface area contributed by atoms with Gasteiger partial charge in [0.1, 0.15) is 0 Å². The summed E-state index contributed by atoms with van der Waals surface area (Å²) >= 11 is 0. The largest absolute Gasteiger partial charge is 0.313 e. The van der Waals surface area contributed by atoms with Crippen LogP contribution in [0, 0.1) is 23.2 Å². The first-order valence-electron chi connectivity index (χ1n) is 9.04. The van der Waals surface area contributed by atoms with Gasteiger partial charge < -0.3 is 10.2 Å². The van der Waals surface area contributed by atoms with Crippen molar-refractivity contribution in [2.75, 3.05) is 26.2 Å². The van der Waals surface area contributed by atoms with Crippen molar-refractivity contribution >= 4 is 0 Å². The van der Waals surface area contributed by atoms with Crippen LogP contribution in [0.3, 0.4) is 0 Å². The van der Waals surface area contributed by atoms with Gasteiger partial charge in [0, 0.05) is 25.7 Å². The predicted molar refractivity (Wildman–Crippen MR) is 85.9 cm³/mol. The lowest BCUT2D eigenvalue weighted by Crippen LogP contribution is -2.46. The van der Waals surface area contributed by atoms with Crippen LogP contribution < -0.4 is 5.32 Å². The van der Waals surface area contributed by atoms with Crippen molar-refractivity contribution in [2.24, 2.45) is 23.2 Å². The molecular formula is C18H34N2. The van der Waals surface area contributed by atoms with Gasteiger partial charge in [-0.3, -0.25) is 0 Å². The molecule has 3 fully saturated rings. The van der Waals surface area contributed by atoms with Crippen molar-refractivity contribution in [2.45, 2.75) is 65.3 Å². The van der Waals surface area contributed by atoms with Crippen molar-refractivity contribution in [3.63, 3.8) is 0 Å².